The van der Waals surface area contributed by atoms with E-state index in [1.54, 1.807) is 42.1 Å². The summed E-state index contributed by atoms with van der Waals surface area (Å²) < 4.78 is 6.95. The number of rotatable bonds is 3. The number of furan rings is 1. The van der Waals surface area contributed by atoms with Crippen molar-refractivity contribution < 1.29 is 9.21 Å². The molecule has 0 aromatic carbocycles. The monoisotopic (exact) mass is 247 g/mol. The average Bonchev–Trinajstić information content (AvgIpc) is 2.85. The maximum absolute atomic E-state index is 12.2. The molecule has 5 heteroatoms. The summed E-state index contributed by atoms with van der Waals surface area (Å²) in [7, 11) is 3.57. The zero-order valence-corrected chi connectivity index (χ0v) is 10.8. The molecule has 2 heterocycles. The Labute approximate surface area is 106 Å². The number of amides is 1. The number of nitrogens with two attached hydrogens (primary N) is 1. The second-order valence-electron chi connectivity index (χ2n) is 4.43. The summed E-state index contributed by atoms with van der Waals surface area (Å²) in [6, 6.07) is 3.56. The fourth-order valence-corrected chi connectivity index (χ4v) is 1.90. The molecule has 2 aromatic heterocycles. The molecule has 0 bridgehead atoms. The summed E-state index contributed by atoms with van der Waals surface area (Å²) in [5.41, 5.74) is 7.85. The lowest BCUT2D eigenvalue weighted by atomic mass is 10.2. The third kappa shape index (κ3) is 2.25. The van der Waals surface area contributed by atoms with E-state index in [4.69, 9.17) is 10.2 Å². The molecule has 0 fully saturated rings. The van der Waals surface area contributed by atoms with Crippen molar-refractivity contribution in [2.75, 3.05) is 12.8 Å². The number of anilines is 1. The van der Waals surface area contributed by atoms with Crippen LogP contribution in [0.2, 0.25) is 0 Å². The SMILES string of the molecule is Cc1occc1CN(C)C(=O)c1cc(N)cn1C. The number of carbonyl (C=O) groups is 1. The van der Waals surface area contributed by atoms with E-state index in [0.717, 1.165) is 11.3 Å². The summed E-state index contributed by atoms with van der Waals surface area (Å²) in [5.74, 6) is 0.774. The van der Waals surface area contributed by atoms with Crippen LogP contribution in [-0.2, 0) is 13.6 Å². The predicted octanol–water partition coefficient (Wildman–Crippen LogP) is 1.78. The predicted molar refractivity (Wildman–Crippen MR) is 69.1 cm³/mol. The van der Waals surface area contributed by atoms with Crippen molar-refractivity contribution in [1.29, 1.82) is 0 Å². The van der Waals surface area contributed by atoms with Crippen molar-refractivity contribution in [3.05, 3.63) is 41.6 Å². The zero-order valence-electron chi connectivity index (χ0n) is 10.8. The molecular formula is C13H17N3O2. The average molecular weight is 247 g/mol. The van der Waals surface area contributed by atoms with E-state index < -0.39 is 0 Å². The van der Waals surface area contributed by atoms with Crippen molar-refractivity contribution in [3.8, 4) is 0 Å². The first-order valence-corrected chi connectivity index (χ1v) is 5.69. The molecule has 0 spiro atoms. The van der Waals surface area contributed by atoms with Gasteiger partial charge in [0.2, 0.25) is 0 Å². The fourth-order valence-electron chi connectivity index (χ4n) is 1.90. The number of nitrogens with zero attached hydrogens (tertiary/aromatic N) is 2. The first kappa shape index (κ1) is 12.3. The van der Waals surface area contributed by atoms with Crippen LogP contribution in [-0.4, -0.2) is 22.4 Å². The Balaban J connectivity index is 2.14. The number of aryl methyl sites for hydroxylation is 2. The van der Waals surface area contributed by atoms with Crippen molar-refractivity contribution in [2.45, 2.75) is 13.5 Å². The summed E-state index contributed by atoms with van der Waals surface area (Å²) in [6.45, 7) is 2.40. The highest BCUT2D eigenvalue weighted by Crippen LogP contribution is 2.15. The van der Waals surface area contributed by atoms with Crippen LogP contribution in [0.5, 0.6) is 0 Å². The van der Waals surface area contributed by atoms with Gasteiger partial charge in [-0.1, -0.05) is 0 Å². The van der Waals surface area contributed by atoms with Gasteiger partial charge < -0.3 is 19.6 Å². The van der Waals surface area contributed by atoms with E-state index >= 15 is 0 Å². The normalized spacial score (nSPS) is 10.6. The molecule has 0 unspecified atom stereocenters. The van der Waals surface area contributed by atoms with Gasteiger partial charge in [0.15, 0.2) is 0 Å². The Bertz CT molecular complexity index is 569. The number of hydrogen-bond acceptors (Lipinski definition) is 3. The molecule has 1 amide bonds. The first-order chi connectivity index (χ1) is 8.49. The van der Waals surface area contributed by atoms with Crippen LogP contribution in [0.1, 0.15) is 21.8 Å². The van der Waals surface area contributed by atoms with Crippen molar-refractivity contribution >= 4 is 11.6 Å². The summed E-state index contributed by atoms with van der Waals surface area (Å²) in [6.07, 6.45) is 3.35. The second-order valence-corrected chi connectivity index (χ2v) is 4.43. The quantitative estimate of drug-likeness (QED) is 0.899. The van der Waals surface area contributed by atoms with Gasteiger partial charge in [0.1, 0.15) is 11.5 Å². The maximum Gasteiger partial charge on any atom is 0.270 e. The summed E-state index contributed by atoms with van der Waals surface area (Å²) in [5, 5.41) is 0. The lowest BCUT2D eigenvalue weighted by Gasteiger charge is -2.17. The third-order valence-corrected chi connectivity index (χ3v) is 2.97. The highest BCUT2D eigenvalue weighted by molar-refractivity contribution is 5.93. The number of aromatic nitrogens is 1. The third-order valence-electron chi connectivity index (χ3n) is 2.97. The highest BCUT2D eigenvalue weighted by atomic mass is 16.3. The highest BCUT2D eigenvalue weighted by Gasteiger charge is 2.17. The number of nitrogen functional groups attached to an aromatic ring is 1. The fraction of sp³-hybridized carbons (Fsp3) is 0.308. The molecular weight excluding hydrogens is 230 g/mol. The van der Waals surface area contributed by atoms with Gasteiger partial charge in [0.05, 0.1) is 12.0 Å². The smallest absolute Gasteiger partial charge is 0.270 e. The van der Waals surface area contributed by atoms with E-state index in [1.165, 1.54) is 0 Å². The van der Waals surface area contributed by atoms with Crippen molar-refractivity contribution in [3.63, 3.8) is 0 Å². The molecule has 2 rings (SSSR count). The molecule has 2 aromatic rings. The van der Waals surface area contributed by atoms with Crippen LogP contribution >= 0.6 is 0 Å². The van der Waals surface area contributed by atoms with Gasteiger partial charge in [0, 0.05) is 32.4 Å². The first-order valence-electron chi connectivity index (χ1n) is 5.69. The van der Waals surface area contributed by atoms with Crippen LogP contribution < -0.4 is 5.73 Å². The topological polar surface area (TPSA) is 64.4 Å². The lowest BCUT2D eigenvalue weighted by Crippen LogP contribution is -2.27. The van der Waals surface area contributed by atoms with Gasteiger partial charge >= 0.3 is 0 Å². The Morgan fingerprint density at radius 1 is 1.56 bits per heavy atom. The summed E-state index contributed by atoms with van der Waals surface area (Å²) >= 11 is 0. The molecule has 0 saturated carbocycles. The van der Waals surface area contributed by atoms with Gasteiger partial charge in [-0.25, -0.2) is 0 Å². The van der Waals surface area contributed by atoms with Crippen LogP contribution in [0.3, 0.4) is 0 Å². The summed E-state index contributed by atoms with van der Waals surface area (Å²) in [4.78, 5) is 13.9. The zero-order chi connectivity index (χ0) is 13.3. The van der Waals surface area contributed by atoms with Crippen LogP contribution in [0.4, 0.5) is 5.69 Å². The molecule has 0 atom stereocenters. The van der Waals surface area contributed by atoms with Gasteiger partial charge in [-0.05, 0) is 19.1 Å². The van der Waals surface area contributed by atoms with E-state index in [9.17, 15) is 4.79 Å². The number of carbonyl (C=O) groups excluding carboxylic acids is 1. The molecule has 96 valence electrons. The van der Waals surface area contributed by atoms with Gasteiger partial charge in [-0.2, -0.15) is 0 Å². The van der Waals surface area contributed by atoms with Crippen molar-refractivity contribution in [1.82, 2.24) is 9.47 Å². The van der Waals surface area contributed by atoms with E-state index in [2.05, 4.69) is 0 Å². The molecule has 0 aliphatic carbocycles. The van der Waals surface area contributed by atoms with Crippen molar-refractivity contribution in [2.24, 2.45) is 7.05 Å². The minimum Gasteiger partial charge on any atom is -0.469 e. The molecule has 0 aliphatic rings. The van der Waals surface area contributed by atoms with Gasteiger partial charge in [-0.15, -0.1) is 0 Å². The Morgan fingerprint density at radius 2 is 2.28 bits per heavy atom. The largest absolute Gasteiger partial charge is 0.469 e. The Morgan fingerprint density at radius 3 is 2.78 bits per heavy atom. The van der Waals surface area contributed by atoms with Gasteiger partial charge in [-0.3, -0.25) is 4.79 Å². The molecule has 0 saturated heterocycles. The van der Waals surface area contributed by atoms with Crippen LogP contribution in [0.15, 0.2) is 29.0 Å². The Kier molecular flexibility index (Phi) is 3.14. The lowest BCUT2D eigenvalue weighted by molar-refractivity contribution is 0.0775. The van der Waals surface area contributed by atoms with E-state index in [1.807, 2.05) is 13.0 Å². The van der Waals surface area contributed by atoms with Crippen LogP contribution in [0.25, 0.3) is 0 Å². The Hall–Kier alpha value is -2.17. The molecule has 0 aliphatic heterocycles. The molecule has 2 N–H and O–H groups in total. The van der Waals surface area contributed by atoms with Gasteiger partial charge in [0.25, 0.3) is 5.91 Å². The molecule has 0 radical (unpaired) electrons. The van der Waals surface area contributed by atoms with Crippen LogP contribution in [0, 0.1) is 6.92 Å². The molecule has 5 nitrogen and oxygen atoms in total. The minimum absolute atomic E-state index is 0.0604. The standard InChI is InChI=1S/C13H17N3O2/c1-9-10(4-5-18-9)7-16(3)13(17)12-6-11(14)8-15(12)2/h4-6,8H,7,14H2,1-3H3. The minimum atomic E-state index is -0.0604. The second kappa shape index (κ2) is 4.60. The van der Waals surface area contributed by atoms with E-state index in [0.29, 0.717) is 17.9 Å². The van der Waals surface area contributed by atoms with E-state index in [-0.39, 0.29) is 5.91 Å². The molecule has 18 heavy (non-hydrogen) atoms. The maximum atomic E-state index is 12.2. The number of hydrogen-bond donors (Lipinski definition) is 1.